The number of benzene rings is 2. The Morgan fingerprint density at radius 2 is 1.87 bits per heavy atom. The van der Waals surface area contributed by atoms with Crippen molar-refractivity contribution < 1.29 is 28.1 Å². The molecule has 0 atom stereocenters. The van der Waals surface area contributed by atoms with Gasteiger partial charge in [0.05, 0.1) is 44.7 Å². The lowest BCUT2D eigenvalue weighted by atomic mass is 9.84. The van der Waals surface area contributed by atoms with E-state index >= 15 is 4.39 Å². The van der Waals surface area contributed by atoms with E-state index in [9.17, 15) is 4.79 Å². The number of rotatable bonds is 9. The van der Waals surface area contributed by atoms with E-state index in [1.54, 1.807) is 25.0 Å². The smallest absolute Gasteiger partial charge is 0.197 e. The van der Waals surface area contributed by atoms with Gasteiger partial charge >= 0.3 is 0 Å². The molecular weight excluding hydrogens is 489 g/mol. The monoisotopic (exact) mass is 527 g/mol. The zero-order valence-electron chi connectivity index (χ0n) is 23.2. The Kier molecular flexibility index (Phi) is 8.16. The fourth-order valence-corrected chi connectivity index (χ4v) is 4.99. The highest BCUT2D eigenvalue weighted by atomic mass is 19.1. The molecule has 1 saturated heterocycles. The van der Waals surface area contributed by atoms with E-state index in [1.807, 2.05) is 19.1 Å². The van der Waals surface area contributed by atoms with Gasteiger partial charge in [0, 0.05) is 24.2 Å². The maximum atomic E-state index is 15.5. The molecule has 0 unspecified atom stereocenters. The van der Waals surface area contributed by atoms with Crippen LogP contribution in [-0.2, 0) is 16.7 Å². The number of methoxy groups -OCH3 is 1. The number of nitrogens with one attached hydrogen (secondary N) is 1. The summed E-state index contributed by atoms with van der Waals surface area (Å²) in [4.78, 5) is 17.3. The molecule has 0 aromatic heterocycles. The van der Waals surface area contributed by atoms with Crippen molar-refractivity contribution >= 4 is 17.3 Å². The molecule has 2 aliphatic rings. The molecule has 1 N–H and O–H groups in total. The van der Waals surface area contributed by atoms with Crippen molar-refractivity contribution in [3.05, 3.63) is 46.3 Å². The molecule has 1 fully saturated rings. The minimum atomic E-state index is -0.625. The highest BCUT2D eigenvalue weighted by molar-refractivity contribution is 6.06. The summed E-state index contributed by atoms with van der Waals surface area (Å²) in [5.41, 5.74) is 2.73. The van der Waals surface area contributed by atoms with E-state index in [2.05, 4.69) is 25.7 Å². The second kappa shape index (κ2) is 11.2. The number of anilines is 1. The van der Waals surface area contributed by atoms with Crippen LogP contribution in [0.5, 0.6) is 17.2 Å². The number of carbonyl (C=O) groups excluding carboxylic acids is 1. The molecule has 0 radical (unpaired) electrons. The topological polar surface area (TPSA) is 84.3 Å². The van der Waals surface area contributed by atoms with E-state index in [-0.39, 0.29) is 48.0 Å². The zero-order valence-corrected chi connectivity index (χ0v) is 23.2. The number of amidine groups is 1. The van der Waals surface area contributed by atoms with Gasteiger partial charge in [-0.25, -0.2) is 4.39 Å². The lowest BCUT2D eigenvalue weighted by Gasteiger charge is -2.33. The standard InChI is InChI=1S/C29H38FN3O5/c1-7-37-23-14-19-15-33(28(31)24(19)25(30)27(23)38-8-2)16-22(34)18-12-20(29(3,4)5)26(35-6)21(13-18)32-10-9-11-36-17-32/h12-14,31H,7-11,15-17H2,1-6H3. The normalized spacial score (nSPS) is 15.5. The van der Waals surface area contributed by atoms with Crippen LogP contribution in [0.2, 0.25) is 0 Å². The van der Waals surface area contributed by atoms with Gasteiger partial charge in [0.1, 0.15) is 18.3 Å². The third-order valence-electron chi connectivity index (χ3n) is 6.81. The average Bonchev–Trinajstić information content (AvgIpc) is 3.20. The number of halogens is 1. The van der Waals surface area contributed by atoms with Crippen LogP contribution in [0.3, 0.4) is 0 Å². The van der Waals surface area contributed by atoms with Crippen LogP contribution >= 0.6 is 0 Å². The maximum Gasteiger partial charge on any atom is 0.197 e. The Hall–Kier alpha value is -3.33. The predicted molar refractivity (Wildman–Crippen MR) is 145 cm³/mol. The van der Waals surface area contributed by atoms with Crippen molar-refractivity contribution in [3.8, 4) is 17.2 Å². The number of hydrogen-bond donors (Lipinski definition) is 1. The minimum Gasteiger partial charge on any atom is -0.494 e. The van der Waals surface area contributed by atoms with Gasteiger partial charge in [0.25, 0.3) is 0 Å². The molecule has 2 aromatic rings. The third-order valence-corrected chi connectivity index (χ3v) is 6.81. The summed E-state index contributed by atoms with van der Waals surface area (Å²) >= 11 is 0. The van der Waals surface area contributed by atoms with Crippen molar-refractivity contribution in [3.63, 3.8) is 0 Å². The van der Waals surface area contributed by atoms with Gasteiger partial charge < -0.3 is 28.7 Å². The summed E-state index contributed by atoms with van der Waals surface area (Å²) in [5, 5.41) is 8.69. The second-order valence-electron chi connectivity index (χ2n) is 10.5. The molecule has 0 spiro atoms. The molecular formula is C29H38FN3O5. The molecule has 0 saturated carbocycles. The van der Waals surface area contributed by atoms with Crippen LogP contribution in [0.25, 0.3) is 0 Å². The molecule has 0 aliphatic carbocycles. The second-order valence-corrected chi connectivity index (χ2v) is 10.5. The van der Waals surface area contributed by atoms with E-state index < -0.39 is 5.82 Å². The van der Waals surface area contributed by atoms with E-state index in [1.165, 1.54) is 0 Å². The van der Waals surface area contributed by atoms with Gasteiger partial charge in [-0.15, -0.1) is 0 Å². The first-order valence-corrected chi connectivity index (χ1v) is 13.1. The van der Waals surface area contributed by atoms with Crippen molar-refractivity contribution in [2.75, 3.05) is 51.7 Å². The van der Waals surface area contributed by atoms with Crippen molar-refractivity contribution in [1.82, 2.24) is 4.90 Å². The van der Waals surface area contributed by atoms with Crippen LogP contribution in [0.15, 0.2) is 18.2 Å². The van der Waals surface area contributed by atoms with Crippen LogP contribution in [0, 0.1) is 11.2 Å². The SMILES string of the molecule is CCOc1cc2c(c(F)c1OCC)C(=N)N(CC(=O)c1cc(N3CCCOC3)c(OC)c(C(C)(C)C)c1)C2. The highest BCUT2D eigenvalue weighted by Gasteiger charge is 2.34. The maximum absolute atomic E-state index is 15.5. The van der Waals surface area contributed by atoms with E-state index in [0.29, 0.717) is 36.8 Å². The van der Waals surface area contributed by atoms with Gasteiger partial charge in [-0.2, -0.15) is 0 Å². The van der Waals surface area contributed by atoms with Gasteiger partial charge in [0.15, 0.2) is 23.1 Å². The van der Waals surface area contributed by atoms with Crippen molar-refractivity contribution in [2.24, 2.45) is 0 Å². The van der Waals surface area contributed by atoms with Crippen LogP contribution < -0.4 is 19.1 Å². The van der Waals surface area contributed by atoms with Gasteiger partial charge in [-0.05, 0) is 49.4 Å². The first kappa shape index (κ1) is 27.7. The molecule has 38 heavy (non-hydrogen) atoms. The zero-order chi connectivity index (χ0) is 27.6. The van der Waals surface area contributed by atoms with Gasteiger partial charge in [-0.1, -0.05) is 20.8 Å². The Balaban J connectivity index is 1.67. The van der Waals surface area contributed by atoms with Crippen LogP contribution in [0.4, 0.5) is 10.1 Å². The molecule has 2 aliphatic heterocycles. The number of nitrogens with zero attached hydrogens (tertiary/aromatic N) is 2. The lowest BCUT2D eigenvalue weighted by molar-refractivity contribution is 0.0961. The summed E-state index contributed by atoms with van der Waals surface area (Å²) in [6.45, 7) is 12.5. The van der Waals surface area contributed by atoms with E-state index in [4.69, 9.17) is 24.4 Å². The largest absolute Gasteiger partial charge is 0.494 e. The Morgan fingerprint density at radius 3 is 2.47 bits per heavy atom. The number of ether oxygens (including phenoxy) is 4. The minimum absolute atomic E-state index is 0.00407. The Morgan fingerprint density at radius 1 is 1.13 bits per heavy atom. The average molecular weight is 528 g/mol. The lowest BCUT2D eigenvalue weighted by Crippen LogP contribution is -2.34. The Labute approximate surface area is 224 Å². The first-order valence-electron chi connectivity index (χ1n) is 13.1. The fourth-order valence-electron chi connectivity index (χ4n) is 4.99. The highest BCUT2D eigenvalue weighted by Crippen LogP contribution is 2.42. The van der Waals surface area contributed by atoms with Gasteiger partial charge in [0.2, 0.25) is 0 Å². The third kappa shape index (κ3) is 5.29. The van der Waals surface area contributed by atoms with E-state index in [0.717, 1.165) is 30.0 Å². The summed E-state index contributed by atoms with van der Waals surface area (Å²) in [5.74, 6) is 0.221. The number of hydrogen-bond acceptors (Lipinski definition) is 7. The van der Waals surface area contributed by atoms with Crippen molar-refractivity contribution in [2.45, 2.75) is 53.0 Å². The molecule has 206 valence electrons. The molecule has 0 amide bonds. The first-order chi connectivity index (χ1) is 18.1. The van der Waals surface area contributed by atoms with Crippen molar-refractivity contribution in [1.29, 1.82) is 5.41 Å². The molecule has 2 aromatic carbocycles. The van der Waals surface area contributed by atoms with Crippen LogP contribution in [-0.4, -0.2) is 63.3 Å². The molecule has 8 nitrogen and oxygen atoms in total. The predicted octanol–water partition coefficient (Wildman–Crippen LogP) is 5.14. The summed E-state index contributed by atoms with van der Waals surface area (Å²) in [6, 6.07) is 5.44. The molecule has 9 heteroatoms. The molecule has 4 rings (SSSR count). The van der Waals surface area contributed by atoms with Crippen LogP contribution in [0.1, 0.15) is 68.1 Å². The van der Waals surface area contributed by atoms with Gasteiger partial charge in [-0.3, -0.25) is 10.2 Å². The Bertz CT molecular complexity index is 1220. The quantitative estimate of drug-likeness (QED) is 0.452. The summed E-state index contributed by atoms with van der Waals surface area (Å²) in [6.07, 6.45) is 0.883. The number of carbonyl (C=O) groups is 1. The fraction of sp³-hybridized carbons (Fsp3) is 0.517. The number of fused-ring (bicyclic) bond motifs is 1. The number of ketones is 1. The summed E-state index contributed by atoms with van der Waals surface area (Å²) < 4.78 is 38.1. The molecule has 0 bridgehead atoms. The summed E-state index contributed by atoms with van der Waals surface area (Å²) in [7, 11) is 1.64. The molecule has 2 heterocycles. The number of Topliss-reactive ketones (excluding diaryl/α,β-unsaturated/α-hetero) is 1.